The molecule has 0 aromatic heterocycles. The van der Waals surface area contributed by atoms with Gasteiger partial charge >= 0.3 is 0 Å². The van der Waals surface area contributed by atoms with Crippen LogP contribution < -0.4 is 0 Å². The molecule has 2 saturated carbocycles. The molecule has 5 rings (SSSR count). The van der Waals surface area contributed by atoms with Gasteiger partial charge in [0.05, 0.1) is 0 Å². The summed E-state index contributed by atoms with van der Waals surface area (Å²) in [5, 5.41) is 20.5. The largest absolute Gasteiger partial charge is 0.508 e. The number of aryl methyl sites for hydroxylation is 3. The number of fused-ring (bicyclic) bond motifs is 2. The van der Waals surface area contributed by atoms with E-state index in [0.717, 1.165) is 17.0 Å². The molecule has 2 bridgehead atoms. The average molecular weight is 413 g/mol. The van der Waals surface area contributed by atoms with E-state index < -0.39 is 0 Å². The van der Waals surface area contributed by atoms with Crippen molar-refractivity contribution in [3.8, 4) is 11.5 Å². The van der Waals surface area contributed by atoms with E-state index in [1.54, 1.807) is 5.56 Å². The van der Waals surface area contributed by atoms with Crippen molar-refractivity contribution in [2.45, 2.75) is 51.9 Å². The quantitative estimate of drug-likeness (QED) is 0.485. The minimum Gasteiger partial charge on any atom is -0.508 e. The van der Waals surface area contributed by atoms with Gasteiger partial charge in [-0.05, 0) is 109 Å². The molecule has 2 aliphatic rings. The van der Waals surface area contributed by atoms with E-state index in [2.05, 4.69) is 49.4 Å². The number of rotatable bonds is 4. The number of phenolic OH excluding ortho intramolecular Hbond substituents is 2. The highest BCUT2D eigenvalue weighted by molar-refractivity contribution is 5.45. The Bertz CT molecular complexity index is 1060. The Morgan fingerprint density at radius 2 is 1.42 bits per heavy atom. The van der Waals surface area contributed by atoms with Crippen molar-refractivity contribution in [2.24, 2.45) is 17.8 Å². The Hall–Kier alpha value is -2.74. The van der Waals surface area contributed by atoms with Crippen LogP contribution in [-0.4, -0.2) is 10.2 Å². The summed E-state index contributed by atoms with van der Waals surface area (Å²) in [5.41, 5.74) is 7.24. The lowest BCUT2D eigenvalue weighted by Crippen LogP contribution is -2.24. The van der Waals surface area contributed by atoms with Crippen molar-refractivity contribution >= 4 is 0 Å². The minimum atomic E-state index is 0.249. The molecular formula is C29H32O2. The second-order valence-corrected chi connectivity index (χ2v) is 9.92. The van der Waals surface area contributed by atoms with Crippen LogP contribution in [0, 0.1) is 38.5 Å². The number of hydrogen-bond acceptors (Lipinski definition) is 2. The first kappa shape index (κ1) is 20.2. The zero-order valence-electron chi connectivity index (χ0n) is 18.7. The Morgan fingerprint density at radius 3 is 2.10 bits per heavy atom. The smallest absolute Gasteiger partial charge is 0.118 e. The topological polar surface area (TPSA) is 40.5 Å². The van der Waals surface area contributed by atoms with E-state index in [4.69, 9.17) is 0 Å². The third-order valence-corrected chi connectivity index (χ3v) is 8.10. The fourth-order valence-electron chi connectivity index (χ4n) is 6.49. The van der Waals surface area contributed by atoms with Crippen LogP contribution in [0.3, 0.4) is 0 Å². The number of phenols is 2. The Balaban J connectivity index is 1.50. The Labute approximate surface area is 185 Å². The van der Waals surface area contributed by atoms with Crippen LogP contribution >= 0.6 is 0 Å². The lowest BCUT2D eigenvalue weighted by Gasteiger charge is -2.35. The van der Waals surface area contributed by atoms with Crippen LogP contribution in [0.1, 0.15) is 64.5 Å². The van der Waals surface area contributed by atoms with Gasteiger partial charge in [0.1, 0.15) is 11.5 Å². The van der Waals surface area contributed by atoms with Crippen LogP contribution in [-0.2, 0) is 0 Å². The third kappa shape index (κ3) is 3.52. The maximum absolute atomic E-state index is 10.5. The fourth-order valence-corrected chi connectivity index (χ4v) is 6.49. The van der Waals surface area contributed by atoms with Gasteiger partial charge in [-0.3, -0.25) is 0 Å². The van der Waals surface area contributed by atoms with Crippen molar-refractivity contribution in [1.29, 1.82) is 0 Å². The molecule has 2 aliphatic carbocycles. The molecule has 3 aromatic rings. The molecule has 0 radical (unpaired) electrons. The SMILES string of the molecule is Cc1cc(C(c2ccc(C)c(O)c2)C2CC3CC2CC3c2ccccc2C)ccc1O. The maximum atomic E-state index is 10.5. The Morgan fingerprint density at radius 1 is 0.677 bits per heavy atom. The summed E-state index contributed by atoms with van der Waals surface area (Å²) >= 11 is 0. The molecule has 0 saturated heterocycles. The summed E-state index contributed by atoms with van der Waals surface area (Å²) in [6, 6.07) is 21.1. The van der Waals surface area contributed by atoms with Crippen molar-refractivity contribution in [1.82, 2.24) is 0 Å². The third-order valence-electron chi connectivity index (χ3n) is 8.10. The van der Waals surface area contributed by atoms with Crippen LogP contribution in [0.2, 0.25) is 0 Å². The summed E-state index contributed by atoms with van der Waals surface area (Å²) in [5.74, 6) is 3.64. The number of aromatic hydroxyl groups is 2. The van der Waals surface area contributed by atoms with Gasteiger partial charge in [-0.25, -0.2) is 0 Å². The molecule has 2 N–H and O–H groups in total. The highest BCUT2D eigenvalue weighted by atomic mass is 16.3. The van der Waals surface area contributed by atoms with Crippen LogP contribution in [0.4, 0.5) is 0 Å². The lowest BCUT2D eigenvalue weighted by atomic mass is 9.69. The standard InChI is InChI=1S/C29H32O2/c1-17-6-4-5-7-24(17)25-14-23-13-22(25)15-26(23)29(20-10-11-27(30)19(3)12-20)21-9-8-18(2)28(31)16-21/h4-12,16,22-23,25-26,29-31H,13-15H2,1-3H3. The predicted octanol–water partition coefficient (Wildman–Crippen LogP) is 6.98. The van der Waals surface area contributed by atoms with Gasteiger partial charge in [0.2, 0.25) is 0 Å². The molecule has 0 aliphatic heterocycles. The van der Waals surface area contributed by atoms with Gasteiger partial charge in [-0.2, -0.15) is 0 Å². The van der Waals surface area contributed by atoms with E-state index in [9.17, 15) is 10.2 Å². The molecule has 5 atom stereocenters. The summed E-state index contributed by atoms with van der Waals surface area (Å²) in [4.78, 5) is 0. The monoisotopic (exact) mass is 412 g/mol. The van der Waals surface area contributed by atoms with Gasteiger partial charge in [-0.15, -0.1) is 0 Å². The van der Waals surface area contributed by atoms with Crippen molar-refractivity contribution in [3.63, 3.8) is 0 Å². The number of benzene rings is 3. The van der Waals surface area contributed by atoms with E-state index >= 15 is 0 Å². The number of hydrogen-bond donors (Lipinski definition) is 2. The average Bonchev–Trinajstić information content (AvgIpc) is 3.35. The fraction of sp³-hybridized carbons (Fsp3) is 0.379. The molecule has 0 amide bonds. The predicted molar refractivity (Wildman–Crippen MR) is 126 cm³/mol. The molecule has 0 heterocycles. The summed E-state index contributed by atoms with van der Waals surface area (Å²) < 4.78 is 0. The van der Waals surface area contributed by atoms with Crippen molar-refractivity contribution in [3.05, 3.63) is 94.0 Å². The molecule has 3 aromatic carbocycles. The van der Waals surface area contributed by atoms with Gasteiger partial charge in [0, 0.05) is 5.92 Å². The first-order chi connectivity index (χ1) is 14.9. The molecule has 2 nitrogen and oxygen atoms in total. The molecule has 0 spiro atoms. The van der Waals surface area contributed by atoms with Gasteiger partial charge in [-0.1, -0.05) is 48.5 Å². The molecular weight excluding hydrogens is 380 g/mol. The zero-order chi connectivity index (χ0) is 21.7. The molecule has 160 valence electrons. The first-order valence-electron chi connectivity index (χ1n) is 11.6. The van der Waals surface area contributed by atoms with E-state index in [1.165, 1.54) is 36.0 Å². The van der Waals surface area contributed by atoms with E-state index in [-0.39, 0.29) is 5.92 Å². The second kappa shape index (κ2) is 7.75. The van der Waals surface area contributed by atoms with E-state index in [0.29, 0.717) is 29.3 Å². The lowest BCUT2D eigenvalue weighted by molar-refractivity contribution is 0.279. The van der Waals surface area contributed by atoms with Crippen LogP contribution in [0.15, 0.2) is 60.7 Å². The van der Waals surface area contributed by atoms with Gasteiger partial charge < -0.3 is 10.2 Å². The zero-order valence-corrected chi connectivity index (χ0v) is 18.7. The molecule has 2 fully saturated rings. The Kier molecular flexibility index (Phi) is 5.04. The minimum absolute atomic E-state index is 0.249. The normalized spacial score (nSPS) is 25.6. The first-order valence-corrected chi connectivity index (χ1v) is 11.6. The molecule has 2 heteroatoms. The van der Waals surface area contributed by atoms with Gasteiger partial charge in [0.15, 0.2) is 0 Å². The summed E-state index contributed by atoms with van der Waals surface area (Å²) in [6.07, 6.45) is 3.78. The van der Waals surface area contributed by atoms with Crippen molar-refractivity contribution < 1.29 is 10.2 Å². The maximum Gasteiger partial charge on any atom is 0.118 e. The second-order valence-electron chi connectivity index (χ2n) is 9.92. The molecule has 5 unspecified atom stereocenters. The summed E-state index contributed by atoms with van der Waals surface area (Å²) in [7, 11) is 0. The summed E-state index contributed by atoms with van der Waals surface area (Å²) in [6.45, 7) is 6.16. The highest BCUT2D eigenvalue weighted by Gasteiger charge is 2.49. The van der Waals surface area contributed by atoms with Crippen LogP contribution in [0.25, 0.3) is 0 Å². The molecule has 31 heavy (non-hydrogen) atoms. The van der Waals surface area contributed by atoms with Crippen LogP contribution in [0.5, 0.6) is 11.5 Å². The van der Waals surface area contributed by atoms with Gasteiger partial charge in [0.25, 0.3) is 0 Å². The van der Waals surface area contributed by atoms with E-state index in [1.807, 2.05) is 32.0 Å². The van der Waals surface area contributed by atoms with Crippen molar-refractivity contribution in [2.75, 3.05) is 0 Å². The highest BCUT2D eigenvalue weighted by Crippen LogP contribution is 2.60.